The minimum absolute atomic E-state index is 0.247. The van der Waals surface area contributed by atoms with E-state index in [1.807, 2.05) is 42.5 Å². The number of rotatable bonds is 1. The summed E-state index contributed by atoms with van der Waals surface area (Å²) in [6.45, 7) is 0. The standard InChI is InChI=1S/C15H11ClO2/c1-18-15(17)14-12-5-3-2-4-10(12)11-7-6-9(16)8-13(11)14/h2-8,14H,1H3. The number of carbonyl (C=O) groups is 1. The van der Waals surface area contributed by atoms with E-state index in [0.717, 1.165) is 22.3 Å². The van der Waals surface area contributed by atoms with Gasteiger partial charge < -0.3 is 4.74 Å². The van der Waals surface area contributed by atoms with Crippen LogP contribution in [0.25, 0.3) is 11.1 Å². The molecule has 1 aliphatic carbocycles. The summed E-state index contributed by atoms with van der Waals surface area (Å²) in [6.07, 6.45) is 0. The Morgan fingerprint density at radius 2 is 1.83 bits per heavy atom. The van der Waals surface area contributed by atoms with Crippen molar-refractivity contribution in [1.29, 1.82) is 0 Å². The van der Waals surface area contributed by atoms with Crippen LogP contribution in [0.3, 0.4) is 0 Å². The average molecular weight is 259 g/mol. The maximum absolute atomic E-state index is 12.0. The van der Waals surface area contributed by atoms with Crippen molar-refractivity contribution in [2.75, 3.05) is 7.11 Å². The molecular formula is C15H11ClO2. The molecule has 0 radical (unpaired) electrons. The number of benzene rings is 2. The van der Waals surface area contributed by atoms with Crippen LogP contribution < -0.4 is 0 Å². The second-order valence-corrected chi connectivity index (χ2v) is 4.71. The minimum Gasteiger partial charge on any atom is -0.468 e. The summed E-state index contributed by atoms with van der Waals surface area (Å²) in [7, 11) is 1.41. The third kappa shape index (κ3) is 1.53. The number of hydrogen-bond donors (Lipinski definition) is 0. The molecule has 1 atom stereocenters. The molecule has 0 bridgehead atoms. The third-order valence-electron chi connectivity index (χ3n) is 3.32. The van der Waals surface area contributed by atoms with Crippen molar-refractivity contribution in [1.82, 2.24) is 0 Å². The second kappa shape index (κ2) is 4.14. The molecule has 0 amide bonds. The van der Waals surface area contributed by atoms with Gasteiger partial charge in [0.2, 0.25) is 0 Å². The zero-order chi connectivity index (χ0) is 12.7. The zero-order valence-electron chi connectivity index (χ0n) is 9.81. The van der Waals surface area contributed by atoms with E-state index in [4.69, 9.17) is 16.3 Å². The Labute approximate surface area is 110 Å². The first-order valence-electron chi connectivity index (χ1n) is 5.69. The molecular weight excluding hydrogens is 248 g/mol. The van der Waals surface area contributed by atoms with Crippen molar-refractivity contribution in [3.63, 3.8) is 0 Å². The Bertz CT molecular complexity index is 634. The van der Waals surface area contributed by atoms with Crippen LogP contribution in [-0.4, -0.2) is 13.1 Å². The normalized spacial score (nSPS) is 16.0. The van der Waals surface area contributed by atoms with E-state index >= 15 is 0 Å². The molecule has 18 heavy (non-hydrogen) atoms. The Balaban J connectivity index is 2.28. The van der Waals surface area contributed by atoms with Crippen LogP contribution in [0, 0.1) is 0 Å². The lowest BCUT2D eigenvalue weighted by Crippen LogP contribution is -2.13. The van der Waals surface area contributed by atoms with E-state index in [-0.39, 0.29) is 11.9 Å². The number of carbonyl (C=O) groups excluding carboxylic acids is 1. The molecule has 0 N–H and O–H groups in total. The summed E-state index contributed by atoms with van der Waals surface area (Å²) in [5, 5.41) is 0.635. The molecule has 3 rings (SSSR count). The van der Waals surface area contributed by atoms with Crippen LogP contribution in [0.2, 0.25) is 5.02 Å². The van der Waals surface area contributed by atoms with Gasteiger partial charge in [0.05, 0.1) is 7.11 Å². The molecule has 0 fully saturated rings. The molecule has 3 heteroatoms. The molecule has 2 nitrogen and oxygen atoms in total. The fourth-order valence-electron chi connectivity index (χ4n) is 2.55. The van der Waals surface area contributed by atoms with Gasteiger partial charge in [-0.2, -0.15) is 0 Å². The van der Waals surface area contributed by atoms with E-state index in [9.17, 15) is 4.79 Å². The first kappa shape index (κ1) is 11.3. The Hall–Kier alpha value is -1.80. The summed E-state index contributed by atoms with van der Waals surface area (Å²) in [5.74, 6) is -0.608. The van der Waals surface area contributed by atoms with Crippen LogP contribution >= 0.6 is 11.6 Å². The maximum Gasteiger partial charge on any atom is 0.317 e. The smallest absolute Gasteiger partial charge is 0.317 e. The van der Waals surface area contributed by atoms with Crippen LogP contribution in [0.4, 0.5) is 0 Å². The van der Waals surface area contributed by atoms with Gasteiger partial charge in [-0.15, -0.1) is 0 Å². The van der Waals surface area contributed by atoms with Crippen LogP contribution in [0.1, 0.15) is 17.0 Å². The SMILES string of the molecule is COC(=O)C1c2ccccc2-c2ccc(Cl)cc21. The largest absolute Gasteiger partial charge is 0.468 e. The highest BCUT2D eigenvalue weighted by atomic mass is 35.5. The predicted octanol–water partition coefficient (Wildman–Crippen LogP) is 3.63. The predicted molar refractivity (Wildman–Crippen MR) is 70.7 cm³/mol. The van der Waals surface area contributed by atoms with Crippen molar-refractivity contribution in [3.05, 3.63) is 58.6 Å². The van der Waals surface area contributed by atoms with Crippen molar-refractivity contribution in [3.8, 4) is 11.1 Å². The number of ether oxygens (including phenoxy) is 1. The fourth-order valence-corrected chi connectivity index (χ4v) is 2.73. The van der Waals surface area contributed by atoms with Gasteiger partial charge in [0, 0.05) is 5.02 Å². The van der Waals surface area contributed by atoms with E-state index in [2.05, 4.69) is 0 Å². The van der Waals surface area contributed by atoms with E-state index < -0.39 is 0 Å². The Kier molecular flexibility index (Phi) is 2.60. The van der Waals surface area contributed by atoms with Gasteiger partial charge in [0.1, 0.15) is 5.92 Å². The maximum atomic E-state index is 12.0. The van der Waals surface area contributed by atoms with E-state index in [1.54, 1.807) is 0 Å². The van der Waals surface area contributed by atoms with Crippen molar-refractivity contribution >= 4 is 17.6 Å². The van der Waals surface area contributed by atoms with E-state index in [0.29, 0.717) is 5.02 Å². The van der Waals surface area contributed by atoms with Gasteiger partial charge in [-0.25, -0.2) is 0 Å². The summed E-state index contributed by atoms with van der Waals surface area (Å²) < 4.78 is 4.91. The number of hydrogen-bond acceptors (Lipinski definition) is 2. The van der Waals surface area contributed by atoms with Gasteiger partial charge in [0.15, 0.2) is 0 Å². The summed E-state index contributed by atoms with van der Waals surface area (Å²) in [5.41, 5.74) is 4.06. The Morgan fingerprint density at radius 3 is 2.61 bits per heavy atom. The quantitative estimate of drug-likeness (QED) is 0.730. The van der Waals surface area contributed by atoms with Crippen LogP contribution in [-0.2, 0) is 9.53 Å². The lowest BCUT2D eigenvalue weighted by Gasteiger charge is -2.10. The zero-order valence-corrected chi connectivity index (χ0v) is 10.6. The summed E-state index contributed by atoms with van der Waals surface area (Å²) in [6, 6.07) is 13.5. The molecule has 90 valence electrons. The lowest BCUT2D eigenvalue weighted by atomic mass is 9.97. The van der Waals surface area contributed by atoms with Gasteiger partial charge in [0.25, 0.3) is 0 Å². The van der Waals surface area contributed by atoms with E-state index in [1.165, 1.54) is 7.11 Å². The molecule has 0 spiro atoms. The van der Waals surface area contributed by atoms with Crippen molar-refractivity contribution < 1.29 is 9.53 Å². The number of halogens is 1. The Morgan fingerprint density at radius 1 is 1.11 bits per heavy atom. The summed E-state index contributed by atoms with van der Waals surface area (Å²) >= 11 is 6.03. The van der Waals surface area contributed by atoms with Crippen molar-refractivity contribution in [2.45, 2.75) is 5.92 Å². The first-order valence-corrected chi connectivity index (χ1v) is 6.06. The van der Waals surface area contributed by atoms with Gasteiger partial charge in [-0.05, 0) is 34.4 Å². The molecule has 0 saturated heterocycles. The minimum atomic E-state index is -0.361. The number of esters is 1. The highest BCUT2D eigenvalue weighted by Crippen LogP contribution is 2.45. The molecule has 0 saturated carbocycles. The lowest BCUT2D eigenvalue weighted by molar-refractivity contribution is -0.141. The summed E-state index contributed by atoms with van der Waals surface area (Å²) in [4.78, 5) is 12.0. The molecule has 0 aromatic heterocycles. The van der Waals surface area contributed by atoms with Crippen LogP contribution in [0.15, 0.2) is 42.5 Å². The highest BCUT2D eigenvalue weighted by molar-refractivity contribution is 6.30. The topological polar surface area (TPSA) is 26.3 Å². The molecule has 2 aromatic carbocycles. The molecule has 0 heterocycles. The number of fused-ring (bicyclic) bond motifs is 3. The number of methoxy groups -OCH3 is 1. The van der Waals surface area contributed by atoms with Crippen molar-refractivity contribution in [2.24, 2.45) is 0 Å². The van der Waals surface area contributed by atoms with Crippen LogP contribution in [0.5, 0.6) is 0 Å². The third-order valence-corrected chi connectivity index (χ3v) is 3.56. The molecule has 1 unspecified atom stereocenters. The van der Waals surface area contributed by atoms with Gasteiger partial charge in [-0.1, -0.05) is 41.9 Å². The van der Waals surface area contributed by atoms with Gasteiger partial charge >= 0.3 is 5.97 Å². The molecule has 0 aliphatic heterocycles. The van der Waals surface area contributed by atoms with Gasteiger partial charge in [-0.3, -0.25) is 4.79 Å². The fraction of sp³-hybridized carbons (Fsp3) is 0.133. The molecule has 1 aliphatic rings. The second-order valence-electron chi connectivity index (χ2n) is 4.27. The average Bonchev–Trinajstić information content (AvgIpc) is 2.71. The first-order chi connectivity index (χ1) is 8.72. The monoisotopic (exact) mass is 258 g/mol. The highest BCUT2D eigenvalue weighted by Gasteiger charge is 2.34. The molecule has 2 aromatic rings.